The Morgan fingerprint density at radius 2 is 1.90 bits per heavy atom. The number of aromatic nitrogens is 1. The van der Waals surface area contributed by atoms with Crippen molar-refractivity contribution in [2.75, 3.05) is 0 Å². The zero-order valence-corrected chi connectivity index (χ0v) is 14.6. The van der Waals surface area contributed by atoms with Gasteiger partial charge in [0.2, 0.25) is 5.88 Å². The molecule has 106 valence electrons. The van der Waals surface area contributed by atoms with Gasteiger partial charge in [-0.25, -0.2) is 4.98 Å². The first-order chi connectivity index (χ1) is 10.2. The maximum absolute atomic E-state index is 6.05. The van der Waals surface area contributed by atoms with Crippen molar-refractivity contribution in [1.82, 2.24) is 4.98 Å². The molecule has 0 atom stereocenters. The molecule has 0 N–H and O–H groups in total. The van der Waals surface area contributed by atoms with E-state index < -0.39 is 0 Å². The van der Waals surface area contributed by atoms with Crippen LogP contribution in [0.4, 0.5) is 0 Å². The molecule has 0 aliphatic rings. The fourth-order valence-electron chi connectivity index (χ4n) is 2.11. The topological polar surface area (TPSA) is 22.1 Å². The van der Waals surface area contributed by atoms with Crippen molar-refractivity contribution in [3.05, 3.63) is 64.1 Å². The molecule has 0 fully saturated rings. The highest BCUT2D eigenvalue weighted by Gasteiger charge is 2.10. The van der Waals surface area contributed by atoms with Crippen LogP contribution in [0.2, 0.25) is 0 Å². The number of aryl methyl sites for hydroxylation is 1. The van der Waals surface area contributed by atoms with Crippen molar-refractivity contribution in [1.29, 1.82) is 0 Å². The molecule has 2 nitrogen and oxygen atoms in total. The number of benzene rings is 2. The predicted molar refractivity (Wildman–Crippen MR) is 93.3 cm³/mol. The number of hydrogen-bond donors (Lipinski definition) is 0. The van der Waals surface area contributed by atoms with Gasteiger partial charge in [-0.3, -0.25) is 0 Å². The maximum Gasteiger partial charge on any atom is 0.223 e. The number of fused-ring (bicyclic) bond motifs is 1. The molecule has 21 heavy (non-hydrogen) atoms. The first kappa shape index (κ1) is 14.5. The van der Waals surface area contributed by atoms with E-state index in [1.54, 1.807) is 0 Å². The van der Waals surface area contributed by atoms with Gasteiger partial charge in [0.05, 0.1) is 5.52 Å². The van der Waals surface area contributed by atoms with E-state index in [1.807, 2.05) is 43.3 Å². The molecule has 1 aromatic heterocycles. The Bertz CT molecular complexity index is 802. The van der Waals surface area contributed by atoms with Crippen molar-refractivity contribution in [3.63, 3.8) is 0 Å². The summed E-state index contributed by atoms with van der Waals surface area (Å²) in [4.78, 5) is 4.64. The van der Waals surface area contributed by atoms with Crippen LogP contribution in [-0.4, -0.2) is 4.98 Å². The molecule has 0 unspecified atom stereocenters. The average molecular weight is 407 g/mol. The fourth-order valence-corrected chi connectivity index (χ4v) is 2.86. The van der Waals surface area contributed by atoms with Crippen LogP contribution in [0.5, 0.6) is 11.6 Å². The van der Waals surface area contributed by atoms with Crippen molar-refractivity contribution in [2.24, 2.45) is 0 Å². The molecule has 3 rings (SSSR count). The molecular weight excluding hydrogens is 394 g/mol. The summed E-state index contributed by atoms with van der Waals surface area (Å²) in [6.45, 7) is 2.02. The SMILES string of the molecule is Cc1ccc(Br)cc1Oc1nc2ccccc2cc1CBr. The molecule has 0 amide bonds. The summed E-state index contributed by atoms with van der Waals surface area (Å²) in [7, 11) is 0. The van der Waals surface area contributed by atoms with Crippen LogP contribution in [0, 0.1) is 6.92 Å². The van der Waals surface area contributed by atoms with Crippen LogP contribution < -0.4 is 4.74 Å². The fraction of sp³-hybridized carbons (Fsp3) is 0.118. The number of hydrogen-bond acceptors (Lipinski definition) is 2. The minimum atomic E-state index is 0.645. The second-order valence-electron chi connectivity index (χ2n) is 4.79. The first-order valence-corrected chi connectivity index (χ1v) is 8.47. The summed E-state index contributed by atoms with van der Waals surface area (Å²) in [6.07, 6.45) is 0. The molecule has 1 heterocycles. The normalized spacial score (nSPS) is 10.8. The second kappa shape index (κ2) is 6.16. The van der Waals surface area contributed by atoms with Gasteiger partial charge in [-0.15, -0.1) is 0 Å². The van der Waals surface area contributed by atoms with E-state index in [0.717, 1.165) is 32.3 Å². The molecule has 0 radical (unpaired) electrons. The standard InChI is InChI=1S/C17H13Br2NO/c1-11-6-7-14(19)9-16(11)21-17-13(10-18)8-12-4-2-3-5-15(12)20-17/h2-9H,10H2,1H3. The predicted octanol–water partition coefficient (Wildman–Crippen LogP) is 5.99. The number of para-hydroxylation sites is 1. The largest absolute Gasteiger partial charge is 0.438 e. The molecule has 0 saturated heterocycles. The molecule has 0 saturated carbocycles. The van der Waals surface area contributed by atoms with E-state index in [9.17, 15) is 0 Å². The Hall–Kier alpha value is -1.39. The quantitative estimate of drug-likeness (QED) is 0.498. The van der Waals surface area contributed by atoms with Crippen LogP contribution in [-0.2, 0) is 5.33 Å². The highest BCUT2D eigenvalue weighted by Crippen LogP contribution is 2.31. The van der Waals surface area contributed by atoms with Gasteiger partial charge in [-0.1, -0.05) is 56.1 Å². The molecular formula is C17H13Br2NO. The minimum Gasteiger partial charge on any atom is -0.438 e. The lowest BCUT2D eigenvalue weighted by atomic mass is 10.1. The van der Waals surface area contributed by atoms with Gasteiger partial charge in [-0.05, 0) is 36.8 Å². The molecule has 0 spiro atoms. The number of rotatable bonds is 3. The van der Waals surface area contributed by atoms with E-state index >= 15 is 0 Å². The Morgan fingerprint density at radius 1 is 1.10 bits per heavy atom. The third-order valence-electron chi connectivity index (χ3n) is 3.26. The van der Waals surface area contributed by atoms with E-state index in [-0.39, 0.29) is 0 Å². The highest BCUT2D eigenvalue weighted by molar-refractivity contribution is 9.10. The van der Waals surface area contributed by atoms with Crippen LogP contribution in [0.15, 0.2) is 53.0 Å². The summed E-state index contributed by atoms with van der Waals surface area (Å²) in [5.41, 5.74) is 3.05. The summed E-state index contributed by atoms with van der Waals surface area (Å²) >= 11 is 6.99. The number of halogens is 2. The van der Waals surface area contributed by atoms with Gasteiger partial charge < -0.3 is 4.74 Å². The Balaban J connectivity index is 2.08. The van der Waals surface area contributed by atoms with Gasteiger partial charge in [0, 0.05) is 20.8 Å². The van der Waals surface area contributed by atoms with Crippen molar-refractivity contribution < 1.29 is 4.74 Å². The molecule has 0 aliphatic carbocycles. The van der Waals surface area contributed by atoms with E-state index in [0.29, 0.717) is 11.2 Å². The third-order valence-corrected chi connectivity index (χ3v) is 4.36. The molecule has 2 aromatic carbocycles. The zero-order valence-electron chi connectivity index (χ0n) is 11.4. The van der Waals surface area contributed by atoms with Gasteiger partial charge >= 0.3 is 0 Å². The maximum atomic E-state index is 6.05. The summed E-state index contributed by atoms with van der Waals surface area (Å²) < 4.78 is 7.04. The Morgan fingerprint density at radius 3 is 2.71 bits per heavy atom. The monoisotopic (exact) mass is 405 g/mol. The minimum absolute atomic E-state index is 0.645. The van der Waals surface area contributed by atoms with Crippen molar-refractivity contribution in [2.45, 2.75) is 12.3 Å². The van der Waals surface area contributed by atoms with Crippen LogP contribution in [0.1, 0.15) is 11.1 Å². The first-order valence-electron chi connectivity index (χ1n) is 6.56. The number of alkyl halides is 1. The van der Waals surface area contributed by atoms with Crippen LogP contribution in [0.3, 0.4) is 0 Å². The second-order valence-corrected chi connectivity index (χ2v) is 6.27. The van der Waals surface area contributed by atoms with Crippen LogP contribution in [0.25, 0.3) is 10.9 Å². The zero-order chi connectivity index (χ0) is 14.8. The highest BCUT2D eigenvalue weighted by atomic mass is 79.9. The molecule has 0 aliphatic heterocycles. The Kier molecular flexibility index (Phi) is 4.27. The van der Waals surface area contributed by atoms with Gasteiger partial charge in [0.1, 0.15) is 5.75 Å². The van der Waals surface area contributed by atoms with Gasteiger partial charge in [-0.2, -0.15) is 0 Å². The van der Waals surface area contributed by atoms with E-state index in [1.165, 1.54) is 0 Å². The number of nitrogens with zero attached hydrogens (tertiary/aromatic N) is 1. The lowest BCUT2D eigenvalue weighted by Gasteiger charge is -2.12. The van der Waals surface area contributed by atoms with E-state index in [2.05, 4.69) is 49.0 Å². The average Bonchev–Trinajstić information content (AvgIpc) is 2.50. The lowest BCUT2D eigenvalue weighted by molar-refractivity contribution is 0.457. The third kappa shape index (κ3) is 3.11. The summed E-state index contributed by atoms with van der Waals surface area (Å²) in [5, 5.41) is 1.82. The van der Waals surface area contributed by atoms with Crippen molar-refractivity contribution in [3.8, 4) is 11.6 Å². The smallest absolute Gasteiger partial charge is 0.223 e. The van der Waals surface area contributed by atoms with Gasteiger partial charge in [0.25, 0.3) is 0 Å². The molecule has 3 aromatic rings. The molecule has 0 bridgehead atoms. The molecule has 4 heteroatoms. The van der Waals surface area contributed by atoms with Gasteiger partial charge in [0.15, 0.2) is 0 Å². The number of pyridine rings is 1. The Labute approximate surface area is 140 Å². The van der Waals surface area contributed by atoms with Crippen LogP contribution >= 0.6 is 31.9 Å². The summed E-state index contributed by atoms with van der Waals surface area (Å²) in [6, 6.07) is 16.1. The lowest BCUT2D eigenvalue weighted by Crippen LogP contribution is -1.95. The van der Waals surface area contributed by atoms with Crippen molar-refractivity contribution >= 4 is 42.8 Å². The summed E-state index contributed by atoms with van der Waals surface area (Å²) in [5.74, 6) is 1.46. The van der Waals surface area contributed by atoms with E-state index in [4.69, 9.17) is 4.74 Å². The number of ether oxygens (including phenoxy) is 1.